The van der Waals surface area contributed by atoms with Crippen molar-refractivity contribution in [1.82, 2.24) is 5.32 Å². The Morgan fingerprint density at radius 1 is 1.08 bits per heavy atom. The molecule has 0 spiro atoms. The Bertz CT molecular complexity index is 750. The van der Waals surface area contributed by atoms with Gasteiger partial charge in [0.25, 0.3) is 0 Å². The van der Waals surface area contributed by atoms with Crippen molar-refractivity contribution in [2.75, 3.05) is 19.0 Å². The number of methoxy groups -OCH3 is 1. The highest BCUT2D eigenvalue weighted by molar-refractivity contribution is 6.35. The van der Waals surface area contributed by atoms with Gasteiger partial charge in [0.05, 0.1) is 30.8 Å². The van der Waals surface area contributed by atoms with Gasteiger partial charge in [0, 0.05) is 5.02 Å². The molecule has 5 nitrogen and oxygen atoms in total. The minimum Gasteiger partial charge on any atom is -0.497 e. The van der Waals surface area contributed by atoms with Crippen molar-refractivity contribution in [3.63, 3.8) is 0 Å². The van der Waals surface area contributed by atoms with Crippen LogP contribution in [0.15, 0.2) is 42.5 Å². The molecule has 2 N–H and O–H groups in total. The van der Waals surface area contributed by atoms with Gasteiger partial charge in [0.15, 0.2) is 0 Å². The van der Waals surface area contributed by atoms with E-state index >= 15 is 0 Å². The zero-order chi connectivity index (χ0) is 17.5. The van der Waals surface area contributed by atoms with Gasteiger partial charge in [-0.3, -0.25) is 9.59 Å². The molecule has 2 aromatic carbocycles. The normalized spacial score (nSPS) is 10.1. The molecule has 2 amide bonds. The summed E-state index contributed by atoms with van der Waals surface area (Å²) in [7, 11) is 1.56. The average Bonchev–Trinajstić information content (AvgIpc) is 2.56. The van der Waals surface area contributed by atoms with Gasteiger partial charge in [-0.1, -0.05) is 35.3 Å². The summed E-state index contributed by atoms with van der Waals surface area (Å²) >= 11 is 11.8. The maximum Gasteiger partial charge on any atom is 0.243 e. The third-order valence-corrected chi connectivity index (χ3v) is 3.71. The summed E-state index contributed by atoms with van der Waals surface area (Å²) in [6.45, 7) is -0.161. The number of benzene rings is 2. The lowest BCUT2D eigenvalue weighted by Crippen LogP contribution is -2.33. The Morgan fingerprint density at radius 3 is 2.62 bits per heavy atom. The van der Waals surface area contributed by atoms with Crippen molar-refractivity contribution in [2.45, 2.75) is 6.42 Å². The Kier molecular flexibility index (Phi) is 6.46. The SMILES string of the molecule is COc1cccc(CC(=O)NCC(=O)Nc2cc(Cl)ccc2Cl)c1. The summed E-state index contributed by atoms with van der Waals surface area (Å²) in [4.78, 5) is 23.8. The Balaban J connectivity index is 1.84. The van der Waals surface area contributed by atoms with Crippen molar-refractivity contribution in [1.29, 1.82) is 0 Å². The molecule has 0 aromatic heterocycles. The maximum absolute atomic E-state index is 11.9. The van der Waals surface area contributed by atoms with Crippen molar-refractivity contribution < 1.29 is 14.3 Å². The van der Waals surface area contributed by atoms with Crippen LogP contribution in [0.5, 0.6) is 5.75 Å². The number of carbonyl (C=O) groups excluding carboxylic acids is 2. The van der Waals surface area contributed by atoms with Gasteiger partial charge < -0.3 is 15.4 Å². The number of rotatable bonds is 6. The Labute approximate surface area is 149 Å². The molecular formula is C17H16Cl2N2O3. The van der Waals surface area contributed by atoms with Crippen LogP contribution in [-0.4, -0.2) is 25.5 Å². The molecule has 0 aliphatic rings. The topological polar surface area (TPSA) is 67.4 Å². The van der Waals surface area contributed by atoms with Crippen LogP contribution in [0.2, 0.25) is 10.0 Å². The fraction of sp³-hybridized carbons (Fsp3) is 0.176. The molecule has 0 unspecified atom stereocenters. The minimum atomic E-state index is -0.391. The van der Waals surface area contributed by atoms with E-state index in [4.69, 9.17) is 27.9 Å². The number of hydrogen-bond acceptors (Lipinski definition) is 3. The smallest absolute Gasteiger partial charge is 0.243 e. The van der Waals surface area contributed by atoms with Crippen LogP contribution < -0.4 is 15.4 Å². The predicted octanol–water partition coefficient (Wildman–Crippen LogP) is 3.30. The van der Waals surface area contributed by atoms with E-state index in [1.807, 2.05) is 6.07 Å². The summed E-state index contributed by atoms with van der Waals surface area (Å²) in [6.07, 6.45) is 0.155. The second-order valence-corrected chi connectivity index (χ2v) is 5.82. The van der Waals surface area contributed by atoms with E-state index in [1.165, 1.54) is 0 Å². The lowest BCUT2D eigenvalue weighted by atomic mass is 10.1. The van der Waals surface area contributed by atoms with Crippen molar-refractivity contribution in [2.24, 2.45) is 0 Å². The van der Waals surface area contributed by atoms with Crippen LogP contribution in [0.4, 0.5) is 5.69 Å². The average molecular weight is 367 g/mol. The lowest BCUT2D eigenvalue weighted by molar-refractivity contribution is -0.123. The predicted molar refractivity (Wildman–Crippen MR) is 94.8 cm³/mol. The first-order valence-electron chi connectivity index (χ1n) is 7.12. The molecule has 2 rings (SSSR count). The molecule has 0 aliphatic heterocycles. The molecule has 0 saturated carbocycles. The third-order valence-electron chi connectivity index (χ3n) is 3.15. The summed E-state index contributed by atoms with van der Waals surface area (Å²) in [6, 6.07) is 11.9. The molecule has 0 radical (unpaired) electrons. The minimum absolute atomic E-state index is 0.155. The van der Waals surface area contributed by atoms with E-state index in [9.17, 15) is 9.59 Å². The number of carbonyl (C=O) groups is 2. The van der Waals surface area contributed by atoms with Crippen LogP contribution in [-0.2, 0) is 16.0 Å². The molecule has 7 heteroatoms. The van der Waals surface area contributed by atoms with E-state index in [2.05, 4.69) is 10.6 Å². The van der Waals surface area contributed by atoms with Gasteiger partial charge in [-0.05, 0) is 35.9 Å². The van der Waals surface area contributed by atoms with Gasteiger partial charge in [0.2, 0.25) is 11.8 Å². The van der Waals surface area contributed by atoms with Gasteiger partial charge in [-0.15, -0.1) is 0 Å². The van der Waals surface area contributed by atoms with E-state index in [0.717, 1.165) is 5.56 Å². The van der Waals surface area contributed by atoms with Crippen LogP contribution in [0.25, 0.3) is 0 Å². The third kappa shape index (κ3) is 5.44. The second-order valence-electron chi connectivity index (χ2n) is 4.98. The number of halogens is 2. The van der Waals surface area contributed by atoms with Crippen LogP contribution >= 0.6 is 23.2 Å². The highest BCUT2D eigenvalue weighted by atomic mass is 35.5. The van der Waals surface area contributed by atoms with Crippen LogP contribution in [0.3, 0.4) is 0 Å². The fourth-order valence-electron chi connectivity index (χ4n) is 2.00. The zero-order valence-electron chi connectivity index (χ0n) is 12.9. The number of hydrogen-bond donors (Lipinski definition) is 2. The standard InChI is InChI=1S/C17H16Cl2N2O3/c1-24-13-4-2-3-11(7-13)8-16(22)20-10-17(23)21-15-9-12(18)5-6-14(15)19/h2-7,9H,8,10H2,1H3,(H,20,22)(H,21,23). The fourth-order valence-corrected chi connectivity index (χ4v) is 2.33. The summed E-state index contributed by atoms with van der Waals surface area (Å²) in [5, 5.41) is 5.98. The van der Waals surface area contributed by atoms with E-state index < -0.39 is 5.91 Å². The molecule has 0 aliphatic carbocycles. The Hall–Kier alpha value is -2.24. The highest BCUT2D eigenvalue weighted by Crippen LogP contribution is 2.25. The lowest BCUT2D eigenvalue weighted by Gasteiger charge is -2.09. The van der Waals surface area contributed by atoms with Crippen LogP contribution in [0, 0.1) is 0 Å². The number of nitrogens with one attached hydrogen (secondary N) is 2. The van der Waals surface area contributed by atoms with Gasteiger partial charge in [0.1, 0.15) is 5.75 Å². The first-order valence-corrected chi connectivity index (χ1v) is 7.88. The monoisotopic (exact) mass is 366 g/mol. The van der Waals surface area contributed by atoms with Crippen molar-refractivity contribution in [3.05, 3.63) is 58.1 Å². The number of ether oxygens (including phenoxy) is 1. The van der Waals surface area contributed by atoms with Gasteiger partial charge >= 0.3 is 0 Å². The quantitative estimate of drug-likeness (QED) is 0.823. The highest BCUT2D eigenvalue weighted by Gasteiger charge is 2.09. The molecular weight excluding hydrogens is 351 g/mol. The van der Waals surface area contributed by atoms with Gasteiger partial charge in [-0.2, -0.15) is 0 Å². The second kappa shape index (κ2) is 8.57. The number of anilines is 1. The number of amides is 2. The molecule has 2 aromatic rings. The zero-order valence-corrected chi connectivity index (χ0v) is 14.4. The Morgan fingerprint density at radius 2 is 1.88 bits per heavy atom. The van der Waals surface area contributed by atoms with Crippen molar-refractivity contribution >= 4 is 40.7 Å². The van der Waals surface area contributed by atoms with E-state index in [0.29, 0.717) is 21.5 Å². The summed E-state index contributed by atoms with van der Waals surface area (Å²) in [5.74, 6) is 0.0161. The summed E-state index contributed by atoms with van der Waals surface area (Å²) < 4.78 is 5.10. The summed E-state index contributed by atoms with van der Waals surface area (Å²) in [5.41, 5.74) is 1.20. The molecule has 126 valence electrons. The first kappa shape index (κ1) is 18.1. The maximum atomic E-state index is 11.9. The molecule has 0 fully saturated rings. The van der Waals surface area contributed by atoms with Crippen LogP contribution in [0.1, 0.15) is 5.56 Å². The van der Waals surface area contributed by atoms with Crippen molar-refractivity contribution in [3.8, 4) is 5.75 Å². The molecule has 0 bridgehead atoms. The molecule has 0 atom stereocenters. The van der Waals surface area contributed by atoms with E-state index in [1.54, 1.807) is 43.5 Å². The molecule has 24 heavy (non-hydrogen) atoms. The largest absolute Gasteiger partial charge is 0.497 e. The van der Waals surface area contributed by atoms with Gasteiger partial charge in [-0.25, -0.2) is 0 Å². The first-order chi connectivity index (χ1) is 11.5. The molecule has 0 saturated heterocycles. The van der Waals surface area contributed by atoms with E-state index in [-0.39, 0.29) is 18.9 Å². The molecule has 0 heterocycles.